The number of fused-ring (bicyclic) bond motifs is 2. The maximum Gasteiger partial charge on any atom is 0.407 e. The quantitative estimate of drug-likeness (QED) is 0.406. The molecule has 3 aromatic heterocycles. The number of hydrogen-bond donors (Lipinski definition) is 2. The van der Waals surface area contributed by atoms with E-state index in [1.165, 1.54) is 0 Å². The van der Waals surface area contributed by atoms with E-state index in [4.69, 9.17) is 9.72 Å². The zero-order valence-electron chi connectivity index (χ0n) is 20.2. The average molecular weight is 485 g/mol. The van der Waals surface area contributed by atoms with Crippen molar-refractivity contribution in [3.05, 3.63) is 66.7 Å². The van der Waals surface area contributed by atoms with Gasteiger partial charge in [-0.05, 0) is 25.5 Å². The molecule has 1 amide bonds. The third kappa shape index (κ3) is 4.41. The molecule has 0 bridgehead atoms. The van der Waals surface area contributed by atoms with Crippen LogP contribution in [-0.2, 0) is 11.3 Å². The van der Waals surface area contributed by atoms with Gasteiger partial charge in [-0.1, -0.05) is 30.3 Å². The Morgan fingerprint density at radius 2 is 1.89 bits per heavy atom. The molecule has 4 heterocycles. The van der Waals surface area contributed by atoms with Gasteiger partial charge in [0.05, 0.1) is 18.0 Å². The molecule has 4 aromatic rings. The van der Waals surface area contributed by atoms with Crippen molar-refractivity contribution < 1.29 is 9.53 Å². The van der Waals surface area contributed by atoms with Gasteiger partial charge in [0.25, 0.3) is 0 Å². The number of pyridine rings is 1. The number of carbonyl (C=O) groups is 1. The number of imidazole rings is 1. The van der Waals surface area contributed by atoms with Gasteiger partial charge in [0, 0.05) is 49.3 Å². The molecule has 1 aromatic carbocycles. The van der Waals surface area contributed by atoms with Crippen molar-refractivity contribution in [2.75, 3.05) is 23.3 Å². The minimum Gasteiger partial charge on any atom is -0.445 e. The van der Waals surface area contributed by atoms with Crippen molar-refractivity contribution >= 4 is 34.7 Å². The van der Waals surface area contributed by atoms with Gasteiger partial charge in [0.2, 0.25) is 5.95 Å². The second kappa shape index (κ2) is 9.10. The Morgan fingerprint density at radius 3 is 2.67 bits per heavy atom. The number of nitrogens with one attached hydrogen (secondary N) is 2. The molecule has 0 radical (unpaired) electrons. The summed E-state index contributed by atoms with van der Waals surface area (Å²) in [5.74, 6) is 2.83. The molecule has 6 rings (SSSR count). The van der Waals surface area contributed by atoms with Crippen LogP contribution < -0.4 is 15.5 Å². The molecule has 184 valence electrons. The second-order valence-electron chi connectivity index (χ2n) is 9.64. The van der Waals surface area contributed by atoms with E-state index in [0.717, 1.165) is 29.7 Å². The number of ether oxygens (including phenoxy) is 1. The number of rotatable bonds is 7. The molecular formula is C26H28N8O2. The predicted octanol–water partition coefficient (Wildman–Crippen LogP) is 3.91. The molecular weight excluding hydrogens is 456 g/mol. The molecule has 2 aliphatic rings. The standard InChI is InChI=1S/C26H28N8O2/c1-16(2)34-15-29-20-11-28-23(10-21(20)34)30-22-8-9-27-25(31-22)33-12-18-19(13-33)24(18)32-26(35)36-14-17-6-4-3-5-7-17/h3-11,15-16,18-19,24H,12-14H2,1-2H3,(H,32,35)(H,27,28,30,31)/t18-,19+,24+. The van der Waals surface area contributed by atoms with Crippen molar-refractivity contribution in [3.63, 3.8) is 0 Å². The van der Waals surface area contributed by atoms with Gasteiger partial charge in [-0.15, -0.1) is 0 Å². The summed E-state index contributed by atoms with van der Waals surface area (Å²) < 4.78 is 7.48. The number of hydrogen-bond acceptors (Lipinski definition) is 8. The third-order valence-corrected chi connectivity index (χ3v) is 6.89. The number of alkyl carbamates (subject to hydrolysis) is 1. The molecule has 0 spiro atoms. The summed E-state index contributed by atoms with van der Waals surface area (Å²) in [5.41, 5.74) is 2.86. The van der Waals surface area contributed by atoms with Crippen LogP contribution in [0.25, 0.3) is 11.0 Å². The summed E-state index contributed by atoms with van der Waals surface area (Å²) in [6, 6.07) is 14.0. The van der Waals surface area contributed by atoms with E-state index in [9.17, 15) is 4.79 Å². The molecule has 2 fully saturated rings. The maximum absolute atomic E-state index is 12.2. The molecule has 36 heavy (non-hydrogen) atoms. The normalized spacial score (nSPS) is 20.4. The third-order valence-electron chi connectivity index (χ3n) is 6.89. The number of nitrogens with zero attached hydrogens (tertiary/aromatic N) is 6. The fourth-order valence-electron chi connectivity index (χ4n) is 4.92. The van der Waals surface area contributed by atoms with E-state index in [1.54, 1.807) is 12.4 Å². The molecule has 10 nitrogen and oxygen atoms in total. The zero-order valence-corrected chi connectivity index (χ0v) is 20.2. The lowest BCUT2D eigenvalue weighted by molar-refractivity contribution is 0.138. The second-order valence-corrected chi connectivity index (χ2v) is 9.64. The van der Waals surface area contributed by atoms with E-state index in [0.29, 0.717) is 35.5 Å². The summed E-state index contributed by atoms with van der Waals surface area (Å²) in [6.45, 7) is 6.13. The highest BCUT2D eigenvalue weighted by Crippen LogP contribution is 2.46. The molecule has 1 saturated carbocycles. The molecule has 10 heteroatoms. The fraction of sp³-hybridized carbons (Fsp3) is 0.346. The van der Waals surface area contributed by atoms with Gasteiger partial charge in [-0.3, -0.25) is 0 Å². The van der Waals surface area contributed by atoms with Crippen molar-refractivity contribution in [1.29, 1.82) is 0 Å². The number of aromatic nitrogens is 5. The molecule has 3 atom stereocenters. The summed E-state index contributed by atoms with van der Waals surface area (Å²) in [7, 11) is 0. The van der Waals surface area contributed by atoms with Gasteiger partial charge in [-0.25, -0.2) is 19.7 Å². The van der Waals surface area contributed by atoms with Crippen LogP contribution >= 0.6 is 0 Å². The number of piperidine rings is 1. The first-order valence-electron chi connectivity index (χ1n) is 12.2. The number of benzene rings is 1. The van der Waals surface area contributed by atoms with Crippen LogP contribution in [0.15, 0.2) is 61.2 Å². The first-order chi connectivity index (χ1) is 17.5. The van der Waals surface area contributed by atoms with Crippen molar-refractivity contribution in [3.8, 4) is 0 Å². The van der Waals surface area contributed by atoms with E-state index >= 15 is 0 Å². The smallest absolute Gasteiger partial charge is 0.407 e. The molecule has 1 aliphatic carbocycles. The Balaban J connectivity index is 1.04. The first-order valence-corrected chi connectivity index (χ1v) is 12.2. The molecule has 1 saturated heterocycles. The van der Waals surface area contributed by atoms with Crippen LogP contribution in [0.2, 0.25) is 0 Å². The first kappa shape index (κ1) is 22.3. The van der Waals surface area contributed by atoms with Crippen LogP contribution in [0, 0.1) is 11.8 Å². The molecule has 2 N–H and O–H groups in total. The van der Waals surface area contributed by atoms with Crippen LogP contribution in [0.5, 0.6) is 0 Å². The van der Waals surface area contributed by atoms with E-state index in [1.807, 2.05) is 48.8 Å². The van der Waals surface area contributed by atoms with Gasteiger partial charge in [0.1, 0.15) is 23.8 Å². The Kier molecular flexibility index (Phi) is 5.63. The number of amides is 1. The minimum absolute atomic E-state index is 0.146. The Bertz CT molecular complexity index is 1380. The number of carbonyl (C=O) groups excluding carboxylic acids is 1. The summed E-state index contributed by atoms with van der Waals surface area (Å²) in [5, 5.41) is 6.31. The van der Waals surface area contributed by atoms with Crippen molar-refractivity contribution in [2.45, 2.75) is 32.5 Å². The largest absolute Gasteiger partial charge is 0.445 e. The van der Waals surface area contributed by atoms with E-state index in [2.05, 4.69) is 48.9 Å². The van der Waals surface area contributed by atoms with Gasteiger partial charge in [-0.2, -0.15) is 4.98 Å². The highest BCUT2D eigenvalue weighted by molar-refractivity contribution is 5.78. The van der Waals surface area contributed by atoms with Crippen LogP contribution in [0.4, 0.5) is 22.4 Å². The van der Waals surface area contributed by atoms with Crippen LogP contribution in [0.3, 0.4) is 0 Å². The lowest BCUT2D eigenvalue weighted by Gasteiger charge is -2.20. The van der Waals surface area contributed by atoms with Crippen LogP contribution in [-0.4, -0.2) is 49.7 Å². The topological polar surface area (TPSA) is 110 Å². The van der Waals surface area contributed by atoms with E-state index in [-0.39, 0.29) is 18.7 Å². The summed E-state index contributed by atoms with van der Waals surface area (Å²) in [4.78, 5) is 32.4. The van der Waals surface area contributed by atoms with Crippen molar-refractivity contribution in [1.82, 2.24) is 29.8 Å². The SMILES string of the molecule is CC(C)n1cnc2cnc(Nc3ccnc(N4C[C@@H]5[C@H](C4)[C@H]5NC(=O)OCc4ccccc4)n3)cc21. The van der Waals surface area contributed by atoms with Gasteiger partial charge < -0.3 is 24.8 Å². The average Bonchev–Trinajstić information content (AvgIpc) is 3.23. The predicted molar refractivity (Wildman–Crippen MR) is 136 cm³/mol. The Labute approximate surface area is 208 Å². The lowest BCUT2D eigenvalue weighted by Crippen LogP contribution is -2.35. The zero-order chi connectivity index (χ0) is 24.6. The van der Waals surface area contributed by atoms with Gasteiger partial charge in [0.15, 0.2) is 0 Å². The van der Waals surface area contributed by atoms with Crippen LogP contribution in [0.1, 0.15) is 25.5 Å². The molecule has 1 aliphatic heterocycles. The molecule has 0 unspecified atom stereocenters. The maximum atomic E-state index is 12.2. The van der Waals surface area contributed by atoms with E-state index < -0.39 is 0 Å². The lowest BCUT2D eigenvalue weighted by atomic mass is 10.2. The summed E-state index contributed by atoms with van der Waals surface area (Å²) >= 11 is 0. The Hall–Kier alpha value is -4.21. The minimum atomic E-state index is -0.365. The Morgan fingerprint density at radius 1 is 1.08 bits per heavy atom. The summed E-state index contributed by atoms with van der Waals surface area (Å²) in [6.07, 6.45) is 5.00. The highest BCUT2D eigenvalue weighted by Gasteiger charge is 2.57. The monoisotopic (exact) mass is 484 g/mol. The van der Waals surface area contributed by atoms with Crippen molar-refractivity contribution in [2.24, 2.45) is 11.8 Å². The van der Waals surface area contributed by atoms with Gasteiger partial charge >= 0.3 is 6.09 Å². The fourth-order valence-corrected chi connectivity index (χ4v) is 4.92. The highest BCUT2D eigenvalue weighted by atomic mass is 16.5. The number of anilines is 3.